The molecule has 0 aromatic carbocycles. The van der Waals surface area contributed by atoms with Gasteiger partial charge in [0.15, 0.2) is 0 Å². The van der Waals surface area contributed by atoms with Gasteiger partial charge < -0.3 is 25.5 Å². The van der Waals surface area contributed by atoms with E-state index in [-0.39, 0.29) is 11.9 Å². The molecule has 33 heavy (non-hydrogen) atoms. The van der Waals surface area contributed by atoms with E-state index >= 15 is 0 Å². The van der Waals surface area contributed by atoms with Gasteiger partial charge in [0, 0.05) is 31.0 Å². The van der Waals surface area contributed by atoms with Crippen molar-refractivity contribution in [3.8, 4) is 17.0 Å². The number of anilines is 1. The topological polar surface area (TPSA) is 129 Å². The predicted molar refractivity (Wildman–Crippen MR) is 125 cm³/mol. The van der Waals surface area contributed by atoms with E-state index in [0.29, 0.717) is 28.6 Å². The third-order valence-corrected chi connectivity index (χ3v) is 6.39. The van der Waals surface area contributed by atoms with Crippen molar-refractivity contribution in [1.82, 2.24) is 29.9 Å². The number of nitrogens with zero attached hydrogens (tertiary/aromatic N) is 4. The van der Waals surface area contributed by atoms with Gasteiger partial charge in [-0.1, -0.05) is 0 Å². The number of rotatable bonds is 5. The number of pyridine rings is 1. The monoisotopic (exact) mass is 449 g/mol. The van der Waals surface area contributed by atoms with Crippen molar-refractivity contribution in [2.75, 3.05) is 19.5 Å². The highest BCUT2D eigenvalue weighted by Gasteiger charge is 2.29. The molecular weight excluding hydrogens is 422 g/mol. The summed E-state index contributed by atoms with van der Waals surface area (Å²) in [6, 6.07) is 4.05. The van der Waals surface area contributed by atoms with Crippen LogP contribution in [-0.4, -0.2) is 61.4 Å². The average Bonchev–Trinajstić information content (AvgIpc) is 3.43. The second-order valence-electron chi connectivity index (χ2n) is 8.78. The number of fused-ring (bicyclic) bond motifs is 2. The van der Waals surface area contributed by atoms with Gasteiger partial charge in [-0.05, 0) is 50.3 Å². The van der Waals surface area contributed by atoms with Gasteiger partial charge in [-0.2, -0.15) is 15.1 Å². The maximum atomic E-state index is 12.2. The molecule has 0 bridgehead atoms. The Morgan fingerprint density at radius 1 is 1.33 bits per heavy atom. The van der Waals surface area contributed by atoms with Crippen molar-refractivity contribution in [3.05, 3.63) is 36.3 Å². The second-order valence-corrected chi connectivity index (χ2v) is 8.78. The molecule has 1 fully saturated rings. The summed E-state index contributed by atoms with van der Waals surface area (Å²) in [5.41, 5.74) is 3.02. The molecular formula is C23H27N7O3. The largest absolute Gasteiger partial charge is 0.480 e. The number of hydrogen-bond acceptors (Lipinski definition) is 7. The first-order valence-corrected chi connectivity index (χ1v) is 11.0. The van der Waals surface area contributed by atoms with E-state index in [4.69, 9.17) is 4.74 Å². The van der Waals surface area contributed by atoms with Crippen LogP contribution in [0.25, 0.3) is 27.7 Å². The minimum Gasteiger partial charge on any atom is -0.480 e. The molecule has 4 N–H and O–H groups in total. The van der Waals surface area contributed by atoms with Crippen LogP contribution in [0, 0.1) is 0 Å². The van der Waals surface area contributed by atoms with Crippen molar-refractivity contribution in [1.29, 1.82) is 0 Å². The van der Waals surface area contributed by atoms with E-state index in [9.17, 15) is 9.90 Å². The van der Waals surface area contributed by atoms with Crippen LogP contribution in [0.15, 0.2) is 30.7 Å². The summed E-state index contributed by atoms with van der Waals surface area (Å²) in [5.74, 6) is 0.760. The number of nitrogens with one attached hydrogen (secondary N) is 3. The first kappa shape index (κ1) is 21.2. The summed E-state index contributed by atoms with van der Waals surface area (Å²) < 4.78 is 7.30. The van der Waals surface area contributed by atoms with Crippen LogP contribution in [0.3, 0.4) is 0 Å². The Bertz CT molecular complexity index is 1330. The fourth-order valence-corrected chi connectivity index (χ4v) is 4.46. The maximum Gasteiger partial charge on any atom is 0.254 e. The Kier molecular flexibility index (Phi) is 5.16. The summed E-state index contributed by atoms with van der Waals surface area (Å²) in [4.78, 5) is 24.7. The van der Waals surface area contributed by atoms with Crippen molar-refractivity contribution in [3.63, 3.8) is 0 Å². The van der Waals surface area contributed by atoms with Gasteiger partial charge in [-0.25, -0.2) is 4.52 Å². The van der Waals surface area contributed by atoms with Gasteiger partial charge in [0.1, 0.15) is 5.65 Å². The number of H-pyrrole nitrogens is 1. The van der Waals surface area contributed by atoms with Gasteiger partial charge in [0.25, 0.3) is 5.91 Å². The lowest BCUT2D eigenvalue weighted by Gasteiger charge is -2.33. The number of aromatic amines is 1. The van der Waals surface area contributed by atoms with E-state index in [1.54, 1.807) is 24.9 Å². The summed E-state index contributed by atoms with van der Waals surface area (Å²) >= 11 is 0. The maximum absolute atomic E-state index is 12.2. The van der Waals surface area contributed by atoms with E-state index in [2.05, 4.69) is 30.7 Å². The smallest absolute Gasteiger partial charge is 0.254 e. The van der Waals surface area contributed by atoms with Gasteiger partial charge in [-0.3, -0.25) is 4.79 Å². The molecule has 1 aliphatic rings. The molecule has 0 saturated heterocycles. The summed E-state index contributed by atoms with van der Waals surface area (Å²) in [6.07, 6.45) is 8.43. The Hall–Kier alpha value is -3.66. The standard InChI is InChI=1S/C23H27N7O3/c1-23(32)7-4-14(5-8-23)27-22-28-19-18(21(29-22)33-3)15(11-25-19)13-6-9-30-17(10-13)16(12-26-30)20(31)24-2/h6,9-12,14,32H,4-5,7-8H2,1-3H3,(H,24,31)(H2,25,27,28,29)/t14-,23+. The Morgan fingerprint density at radius 2 is 2.12 bits per heavy atom. The second kappa shape index (κ2) is 8.04. The van der Waals surface area contributed by atoms with Crippen molar-refractivity contribution in [2.24, 2.45) is 0 Å². The summed E-state index contributed by atoms with van der Waals surface area (Å²) in [7, 11) is 3.18. The van der Waals surface area contributed by atoms with E-state index < -0.39 is 5.60 Å². The first-order chi connectivity index (χ1) is 15.9. The molecule has 0 atom stereocenters. The molecule has 1 amide bonds. The molecule has 1 saturated carbocycles. The van der Waals surface area contributed by atoms with Gasteiger partial charge in [0.2, 0.25) is 11.8 Å². The van der Waals surface area contributed by atoms with Crippen molar-refractivity contribution in [2.45, 2.75) is 44.2 Å². The molecule has 4 aromatic rings. The number of ether oxygens (including phenoxy) is 1. The number of carbonyl (C=O) groups is 1. The summed E-state index contributed by atoms with van der Waals surface area (Å²) in [6.45, 7) is 1.88. The quantitative estimate of drug-likeness (QED) is 0.369. The number of amides is 1. The van der Waals surface area contributed by atoms with Crippen molar-refractivity contribution >= 4 is 28.4 Å². The number of aliphatic hydroxyl groups is 1. The fraction of sp³-hybridized carbons (Fsp3) is 0.391. The van der Waals surface area contributed by atoms with Crippen LogP contribution in [0.4, 0.5) is 5.95 Å². The average molecular weight is 450 g/mol. The van der Waals surface area contributed by atoms with Crippen LogP contribution in [0.2, 0.25) is 0 Å². The molecule has 0 aliphatic heterocycles. The lowest BCUT2D eigenvalue weighted by atomic mass is 9.84. The van der Waals surface area contributed by atoms with Gasteiger partial charge >= 0.3 is 0 Å². The third-order valence-electron chi connectivity index (χ3n) is 6.39. The Morgan fingerprint density at radius 3 is 2.85 bits per heavy atom. The molecule has 10 nitrogen and oxygen atoms in total. The van der Waals surface area contributed by atoms with Gasteiger partial charge in [-0.15, -0.1) is 0 Å². The van der Waals surface area contributed by atoms with Crippen molar-refractivity contribution < 1.29 is 14.6 Å². The molecule has 1 aliphatic carbocycles. The van der Waals surface area contributed by atoms with E-state index in [1.807, 2.05) is 31.5 Å². The Labute approximate surface area is 190 Å². The molecule has 10 heteroatoms. The zero-order valence-electron chi connectivity index (χ0n) is 18.8. The lowest BCUT2D eigenvalue weighted by Crippen LogP contribution is -2.36. The molecule has 0 radical (unpaired) electrons. The molecule has 0 unspecified atom stereocenters. The molecule has 0 spiro atoms. The van der Waals surface area contributed by atoms with Crippen LogP contribution in [0.1, 0.15) is 43.0 Å². The van der Waals surface area contributed by atoms with Crippen LogP contribution in [-0.2, 0) is 0 Å². The molecule has 4 aromatic heterocycles. The molecule has 5 rings (SSSR count). The first-order valence-electron chi connectivity index (χ1n) is 11.0. The predicted octanol–water partition coefficient (Wildman–Crippen LogP) is 2.75. The highest BCUT2D eigenvalue weighted by molar-refractivity contribution is 6.02. The third kappa shape index (κ3) is 3.86. The fourth-order valence-electron chi connectivity index (χ4n) is 4.46. The summed E-state index contributed by atoms with van der Waals surface area (Å²) in [5, 5.41) is 21.3. The van der Waals surface area contributed by atoms with Crippen LogP contribution >= 0.6 is 0 Å². The highest BCUT2D eigenvalue weighted by Crippen LogP contribution is 2.36. The Balaban J connectivity index is 1.51. The molecule has 172 valence electrons. The lowest BCUT2D eigenvalue weighted by molar-refractivity contribution is 0.0195. The zero-order valence-corrected chi connectivity index (χ0v) is 18.8. The number of hydrogen-bond donors (Lipinski definition) is 4. The zero-order chi connectivity index (χ0) is 23.2. The van der Waals surface area contributed by atoms with Crippen LogP contribution < -0.4 is 15.4 Å². The van der Waals surface area contributed by atoms with E-state index in [0.717, 1.165) is 42.2 Å². The SMILES string of the molecule is CNC(=O)c1cnn2ccc(-c3c[nH]c4nc(N[C@H]5CC[C@@](C)(O)CC5)nc(OC)c34)cc12. The minimum absolute atomic E-state index is 0.193. The number of aromatic nitrogens is 5. The highest BCUT2D eigenvalue weighted by atomic mass is 16.5. The van der Waals surface area contributed by atoms with Crippen LogP contribution in [0.5, 0.6) is 5.88 Å². The number of carbonyl (C=O) groups excluding carboxylic acids is 1. The van der Waals surface area contributed by atoms with Gasteiger partial charge in [0.05, 0.1) is 35.4 Å². The minimum atomic E-state index is -0.594. The normalized spacial score (nSPS) is 20.8. The van der Waals surface area contributed by atoms with E-state index in [1.165, 1.54) is 0 Å². The number of methoxy groups -OCH3 is 1. The molecule has 4 heterocycles.